The molecular weight excluding hydrogens is 377 g/mol. The number of amides is 1. The summed E-state index contributed by atoms with van der Waals surface area (Å²) in [6.07, 6.45) is -3.96. The van der Waals surface area contributed by atoms with Gasteiger partial charge in [0.2, 0.25) is 5.91 Å². The summed E-state index contributed by atoms with van der Waals surface area (Å²) < 4.78 is 51.5. The number of hydrogen-bond donors (Lipinski definition) is 2. The Bertz CT molecular complexity index is 825. The van der Waals surface area contributed by atoms with E-state index in [4.69, 9.17) is 9.47 Å². The van der Waals surface area contributed by atoms with Crippen molar-refractivity contribution in [3.63, 3.8) is 0 Å². The zero-order chi connectivity index (χ0) is 20.1. The summed E-state index contributed by atoms with van der Waals surface area (Å²) in [6.45, 7) is 2.81. The van der Waals surface area contributed by atoms with Crippen LogP contribution in [-0.2, 0) is 4.79 Å². The lowest BCUT2D eigenvalue weighted by Crippen LogP contribution is -2.31. The van der Waals surface area contributed by atoms with Gasteiger partial charge in [-0.05, 0) is 43.3 Å². The highest BCUT2D eigenvalue weighted by atomic mass is 19.4. The van der Waals surface area contributed by atoms with Gasteiger partial charge in [0.1, 0.15) is 11.8 Å². The Hall–Kier alpha value is -3.10. The number of nitrogens with one attached hydrogen (secondary N) is 2. The highest BCUT2D eigenvalue weighted by Gasteiger charge is 2.31. The van der Waals surface area contributed by atoms with Crippen LogP contribution in [-0.4, -0.2) is 31.5 Å². The van der Waals surface area contributed by atoms with Gasteiger partial charge in [-0.1, -0.05) is 0 Å². The maximum Gasteiger partial charge on any atom is 0.573 e. The smallest absolute Gasteiger partial charge is 0.490 e. The van der Waals surface area contributed by atoms with Gasteiger partial charge >= 0.3 is 6.36 Å². The van der Waals surface area contributed by atoms with Crippen LogP contribution in [0.2, 0.25) is 0 Å². The number of fused-ring (bicyclic) bond motifs is 1. The molecule has 3 rings (SSSR count). The molecule has 1 unspecified atom stereocenters. The van der Waals surface area contributed by atoms with Crippen molar-refractivity contribution in [2.45, 2.75) is 25.7 Å². The van der Waals surface area contributed by atoms with Gasteiger partial charge in [-0.25, -0.2) is 0 Å². The minimum Gasteiger partial charge on any atom is -0.490 e. The fourth-order valence-electron chi connectivity index (χ4n) is 2.56. The molecule has 0 saturated carbocycles. The van der Waals surface area contributed by atoms with Crippen LogP contribution < -0.4 is 24.8 Å². The molecule has 2 aromatic carbocycles. The third-order valence-electron chi connectivity index (χ3n) is 3.88. The van der Waals surface area contributed by atoms with Crippen molar-refractivity contribution in [2.75, 3.05) is 23.8 Å². The van der Waals surface area contributed by atoms with E-state index >= 15 is 0 Å². The highest BCUT2D eigenvalue weighted by Crippen LogP contribution is 2.32. The van der Waals surface area contributed by atoms with E-state index in [0.717, 1.165) is 18.6 Å². The lowest BCUT2D eigenvalue weighted by molar-refractivity contribution is -0.274. The number of anilines is 2. The molecule has 28 heavy (non-hydrogen) atoms. The van der Waals surface area contributed by atoms with E-state index in [0.29, 0.717) is 36.1 Å². The molecule has 0 radical (unpaired) electrons. The molecule has 2 N–H and O–H groups in total. The van der Waals surface area contributed by atoms with Gasteiger partial charge < -0.3 is 24.8 Å². The van der Waals surface area contributed by atoms with Crippen LogP contribution in [0.4, 0.5) is 24.5 Å². The molecule has 0 spiro atoms. The first-order chi connectivity index (χ1) is 13.3. The fraction of sp³-hybridized carbons (Fsp3) is 0.316. The Morgan fingerprint density at radius 3 is 2.36 bits per heavy atom. The number of ether oxygens (including phenoxy) is 3. The number of carbonyl (C=O) groups is 1. The number of alkyl halides is 3. The van der Waals surface area contributed by atoms with Gasteiger partial charge in [-0.2, -0.15) is 0 Å². The summed E-state index contributed by atoms with van der Waals surface area (Å²) in [4.78, 5) is 12.3. The van der Waals surface area contributed by atoms with Crippen LogP contribution in [0.25, 0.3) is 0 Å². The second-order valence-electron chi connectivity index (χ2n) is 6.14. The molecule has 9 heteroatoms. The number of rotatable bonds is 5. The maximum absolute atomic E-state index is 12.3. The molecule has 1 atom stereocenters. The molecule has 0 saturated heterocycles. The van der Waals surface area contributed by atoms with Crippen LogP contribution in [0.1, 0.15) is 13.3 Å². The summed E-state index contributed by atoms with van der Waals surface area (Å²) in [6, 6.07) is 9.63. The molecule has 0 fully saturated rings. The van der Waals surface area contributed by atoms with E-state index in [1.54, 1.807) is 25.1 Å². The SMILES string of the molecule is CC(Nc1ccc2c(c1)OCCCO2)C(=O)Nc1ccc(OC(F)(F)F)cc1. The van der Waals surface area contributed by atoms with Crippen LogP contribution >= 0.6 is 0 Å². The van der Waals surface area contributed by atoms with Crippen molar-refractivity contribution in [2.24, 2.45) is 0 Å². The van der Waals surface area contributed by atoms with Gasteiger partial charge in [0, 0.05) is 23.9 Å². The molecule has 1 amide bonds. The second-order valence-corrected chi connectivity index (χ2v) is 6.14. The normalized spacial score (nSPS) is 14.6. The van der Waals surface area contributed by atoms with E-state index in [2.05, 4.69) is 15.4 Å². The average molecular weight is 396 g/mol. The lowest BCUT2D eigenvalue weighted by atomic mass is 10.2. The van der Waals surface area contributed by atoms with Crippen LogP contribution in [0, 0.1) is 0 Å². The molecule has 150 valence electrons. The number of halogens is 3. The molecule has 0 aliphatic carbocycles. The maximum atomic E-state index is 12.3. The summed E-state index contributed by atoms with van der Waals surface area (Å²) in [7, 11) is 0. The molecule has 2 aromatic rings. The van der Waals surface area contributed by atoms with E-state index in [-0.39, 0.29) is 11.7 Å². The Balaban J connectivity index is 1.58. The average Bonchev–Trinajstić information content (AvgIpc) is 2.87. The second kappa shape index (κ2) is 8.28. The van der Waals surface area contributed by atoms with E-state index in [1.165, 1.54) is 12.1 Å². The van der Waals surface area contributed by atoms with Crippen molar-refractivity contribution in [1.82, 2.24) is 0 Å². The van der Waals surface area contributed by atoms with Crippen LogP contribution in [0.3, 0.4) is 0 Å². The van der Waals surface area contributed by atoms with Crippen molar-refractivity contribution in [1.29, 1.82) is 0 Å². The largest absolute Gasteiger partial charge is 0.573 e. The minimum absolute atomic E-state index is 0.350. The first-order valence-corrected chi connectivity index (χ1v) is 8.63. The first kappa shape index (κ1) is 19.7. The number of carbonyl (C=O) groups excluding carboxylic acids is 1. The Morgan fingerprint density at radius 1 is 1.04 bits per heavy atom. The monoisotopic (exact) mass is 396 g/mol. The highest BCUT2D eigenvalue weighted by molar-refractivity contribution is 5.96. The molecule has 0 bridgehead atoms. The quantitative estimate of drug-likeness (QED) is 0.793. The predicted octanol–water partition coefficient (Wildman–Crippen LogP) is 4.19. The van der Waals surface area contributed by atoms with Gasteiger partial charge in [-0.3, -0.25) is 4.79 Å². The summed E-state index contributed by atoms with van der Waals surface area (Å²) in [5.74, 6) is 0.553. The fourth-order valence-corrected chi connectivity index (χ4v) is 2.56. The molecule has 1 aliphatic rings. The summed E-state index contributed by atoms with van der Waals surface area (Å²) in [5, 5.41) is 5.68. The van der Waals surface area contributed by atoms with Crippen LogP contribution in [0.15, 0.2) is 42.5 Å². The van der Waals surface area contributed by atoms with Crippen molar-refractivity contribution in [3.05, 3.63) is 42.5 Å². The summed E-state index contributed by atoms with van der Waals surface area (Å²) >= 11 is 0. The third-order valence-corrected chi connectivity index (χ3v) is 3.88. The molecule has 6 nitrogen and oxygen atoms in total. The van der Waals surface area contributed by atoms with Gasteiger partial charge in [0.25, 0.3) is 0 Å². The van der Waals surface area contributed by atoms with E-state index in [9.17, 15) is 18.0 Å². The molecule has 1 aliphatic heterocycles. The van der Waals surface area contributed by atoms with Crippen molar-refractivity contribution >= 4 is 17.3 Å². The topological polar surface area (TPSA) is 68.8 Å². The third kappa shape index (κ3) is 5.45. The zero-order valence-corrected chi connectivity index (χ0v) is 15.0. The summed E-state index contributed by atoms with van der Waals surface area (Å²) in [5.41, 5.74) is 1.03. The molecule has 1 heterocycles. The van der Waals surface area contributed by atoms with Gasteiger partial charge in [0.05, 0.1) is 13.2 Å². The minimum atomic E-state index is -4.76. The standard InChI is InChI=1S/C19H19F3N2O4/c1-12(23-14-5-8-16-17(11-14)27-10-2-9-26-16)18(25)24-13-3-6-15(7-4-13)28-19(20,21)22/h3-8,11-12,23H,2,9-10H2,1H3,(H,24,25). The Morgan fingerprint density at radius 2 is 1.68 bits per heavy atom. The van der Waals surface area contributed by atoms with E-state index < -0.39 is 12.4 Å². The predicted molar refractivity (Wildman–Crippen MR) is 96.9 cm³/mol. The van der Waals surface area contributed by atoms with Crippen molar-refractivity contribution < 1.29 is 32.2 Å². The van der Waals surface area contributed by atoms with E-state index in [1.807, 2.05) is 0 Å². The lowest BCUT2D eigenvalue weighted by Gasteiger charge is -2.17. The van der Waals surface area contributed by atoms with Gasteiger partial charge in [0.15, 0.2) is 11.5 Å². The molecule has 0 aromatic heterocycles. The Labute approximate surface area is 159 Å². The van der Waals surface area contributed by atoms with Crippen LogP contribution in [0.5, 0.6) is 17.2 Å². The number of benzene rings is 2. The first-order valence-electron chi connectivity index (χ1n) is 8.63. The molecular formula is C19H19F3N2O4. The zero-order valence-electron chi connectivity index (χ0n) is 15.0. The number of hydrogen-bond acceptors (Lipinski definition) is 5. The van der Waals surface area contributed by atoms with Crippen molar-refractivity contribution in [3.8, 4) is 17.2 Å². The van der Waals surface area contributed by atoms with Gasteiger partial charge in [-0.15, -0.1) is 13.2 Å². The Kier molecular flexibility index (Phi) is 5.81.